The maximum atomic E-state index is 8.54. The summed E-state index contributed by atoms with van der Waals surface area (Å²) in [7, 11) is 0. The van der Waals surface area contributed by atoms with Gasteiger partial charge in [-0.3, -0.25) is 0 Å². The second-order valence-corrected chi connectivity index (χ2v) is 4.42. The van der Waals surface area contributed by atoms with E-state index in [1.54, 1.807) is 6.20 Å². The molecule has 0 N–H and O–H groups in total. The molecule has 0 saturated carbocycles. The van der Waals surface area contributed by atoms with E-state index in [-0.39, 0.29) is 5.41 Å². The van der Waals surface area contributed by atoms with Crippen molar-refractivity contribution in [1.82, 2.24) is 4.98 Å². The molecule has 0 aliphatic rings. The van der Waals surface area contributed by atoms with Gasteiger partial charge in [0.25, 0.3) is 0 Å². The molecule has 1 rings (SSSR count). The SMILES string of the molecule is CC(C)(C)c1ncc(C#N)s1. The summed E-state index contributed by atoms with van der Waals surface area (Å²) in [5.41, 5.74) is 0.0692. The minimum Gasteiger partial charge on any atom is -0.248 e. The summed E-state index contributed by atoms with van der Waals surface area (Å²) in [5, 5.41) is 9.56. The number of nitrogens with zero attached hydrogens (tertiary/aromatic N) is 2. The summed E-state index contributed by atoms with van der Waals surface area (Å²) >= 11 is 1.47. The monoisotopic (exact) mass is 166 g/mol. The van der Waals surface area contributed by atoms with Crippen molar-refractivity contribution >= 4 is 11.3 Å². The third kappa shape index (κ3) is 1.78. The number of thiazole rings is 1. The van der Waals surface area contributed by atoms with Crippen LogP contribution in [0.5, 0.6) is 0 Å². The van der Waals surface area contributed by atoms with Gasteiger partial charge in [-0.05, 0) is 0 Å². The van der Waals surface area contributed by atoms with E-state index in [1.165, 1.54) is 11.3 Å². The number of hydrogen-bond acceptors (Lipinski definition) is 3. The Morgan fingerprint density at radius 1 is 1.55 bits per heavy atom. The number of nitriles is 1. The van der Waals surface area contributed by atoms with Gasteiger partial charge in [0.15, 0.2) is 0 Å². The van der Waals surface area contributed by atoms with Crippen LogP contribution in [-0.4, -0.2) is 4.98 Å². The van der Waals surface area contributed by atoms with Crippen molar-refractivity contribution < 1.29 is 0 Å². The molecule has 58 valence electrons. The molecule has 1 aromatic heterocycles. The molecule has 2 nitrogen and oxygen atoms in total. The van der Waals surface area contributed by atoms with Crippen LogP contribution in [0.15, 0.2) is 6.20 Å². The quantitative estimate of drug-likeness (QED) is 0.593. The largest absolute Gasteiger partial charge is 0.248 e. The van der Waals surface area contributed by atoms with E-state index in [1.807, 2.05) is 0 Å². The first kappa shape index (κ1) is 8.22. The van der Waals surface area contributed by atoms with Gasteiger partial charge < -0.3 is 0 Å². The fraction of sp³-hybridized carbons (Fsp3) is 0.500. The average Bonchev–Trinajstić information content (AvgIpc) is 2.32. The maximum absolute atomic E-state index is 8.54. The molecule has 0 radical (unpaired) electrons. The van der Waals surface area contributed by atoms with Crippen LogP contribution in [0.4, 0.5) is 0 Å². The Kier molecular flexibility index (Phi) is 1.97. The Morgan fingerprint density at radius 2 is 2.18 bits per heavy atom. The molecular weight excluding hydrogens is 156 g/mol. The first-order chi connectivity index (χ1) is 5.04. The van der Waals surface area contributed by atoms with Gasteiger partial charge in [-0.2, -0.15) is 5.26 Å². The second kappa shape index (κ2) is 2.63. The molecular formula is C8H10N2S. The van der Waals surface area contributed by atoms with E-state index in [9.17, 15) is 0 Å². The molecule has 3 heteroatoms. The highest BCUT2D eigenvalue weighted by Gasteiger charge is 2.17. The Bertz CT molecular complexity index is 288. The van der Waals surface area contributed by atoms with Crippen molar-refractivity contribution in [3.63, 3.8) is 0 Å². The summed E-state index contributed by atoms with van der Waals surface area (Å²) < 4.78 is 0. The molecule has 0 amide bonds. The van der Waals surface area contributed by atoms with Crippen LogP contribution in [-0.2, 0) is 5.41 Å². The minimum absolute atomic E-state index is 0.0692. The maximum Gasteiger partial charge on any atom is 0.124 e. The predicted octanol–water partition coefficient (Wildman–Crippen LogP) is 2.31. The molecule has 0 bridgehead atoms. The van der Waals surface area contributed by atoms with Gasteiger partial charge in [-0.15, -0.1) is 11.3 Å². The lowest BCUT2D eigenvalue weighted by Gasteiger charge is -2.12. The minimum atomic E-state index is 0.0692. The summed E-state index contributed by atoms with van der Waals surface area (Å²) in [6.45, 7) is 6.27. The van der Waals surface area contributed by atoms with Crippen LogP contribution in [0.3, 0.4) is 0 Å². The van der Waals surface area contributed by atoms with Crippen LogP contribution >= 0.6 is 11.3 Å². The normalized spacial score (nSPS) is 11.1. The molecule has 0 aliphatic carbocycles. The molecule has 1 heterocycles. The van der Waals surface area contributed by atoms with Crippen molar-refractivity contribution in [3.8, 4) is 6.07 Å². The molecule has 11 heavy (non-hydrogen) atoms. The number of hydrogen-bond donors (Lipinski definition) is 0. The van der Waals surface area contributed by atoms with Gasteiger partial charge >= 0.3 is 0 Å². The number of aromatic nitrogens is 1. The molecule has 0 aliphatic heterocycles. The topological polar surface area (TPSA) is 36.7 Å². The Labute approximate surface area is 70.5 Å². The summed E-state index contributed by atoms with van der Waals surface area (Å²) in [6, 6.07) is 2.08. The Balaban J connectivity index is 3.01. The second-order valence-electron chi connectivity index (χ2n) is 3.39. The van der Waals surface area contributed by atoms with Crippen LogP contribution in [0, 0.1) is 11.3 Å². The zero-order valence-corrected chi connectivity index (χ0v) is 7.70. The average molecular weight is 166 g/mol. The fourth-order valence-electron chi connectivity index (χ4n) is 0.673. The van der Waals surface area contributed by atoms with Gasteiger partial charge in [-0.25, -0.2) is 4.98 Å². The smallest absolute Gasteiger partial charge is 0.124 e. The lowest BCUT2D eigenvalue weighted by atomic mass is 9.98. The summed E-state index contributed by atoms with van der Waals surface area (Å²) in [6.07, 6.45) is 1.63. The first-order valence-corrected chi connectivity index (χ1v) is 4.22. The van der Waals surface area contributed by atoms with E-state index >= 15 is 0 Å². The molecule has 0 atom stereocenters. The van der Waals surface area contributed by atoms with Crippen LogP contribution < -0.4 is 0 Å². The molecule has 0 unspecified atom stereocenters. The van der Waals surface area contributed by atoms with E-state index < -0.39 is 0 Å². The van der Waals surface area contributed by atoms with Gasteiger partial charge in [0.05, 0.1) is 11.2 Å². The molecule has 1 aromatic rings. The predicted molar refractivity (Wildman–Crippen MR) is 45.5 cm³/mol. The van der Waals surface area contributed by atoms with Gasteiger partial charge in [0.1, 0.15) is 10.9 Å². The Morgan fingerprint density at radius 3 is 2.45 bits per heavy atom. The summed E-state index contributed by atoms with van der Waals surface area (Å²) in [4.78, 5) is 4.84. The van der Waals surface area contributed by atoms with Crippen LogP contribution in [0.25, 0.3) is 0 Å². The lowest BCUT2D eigenvalue weighted by Crippen LogP contribution is -2.09. The molecule has 0 fully saturated rings. The van der Waals surface area contributed by atoms with Crippen LogP contribution in [0.2, 0.25) is 0 Å². The van der Waals surface area contributed by atoms with E-state index in [2.05, 4.69) is 31.8 Å². The molecule has 0 spiro atoms. The zero-order valence-electron chi connectivity index (χ0n) is 6.88. The highest BCUT2D eigenvalue weighted by Crippen LogP contribution is 2.25. The van der Waals surface area contributed by atoms with Gasteiger partial charge in [0, 0.05) is 5.41 Å². The van der Waals surface area contributed by atoms with Crippen molar-refractivity contribution in [2.75, 3.05) is 0 Å². The van der Waals surface area contributed by atoms with E-state index in [4.69, 9.17) is 5.26 Å². The summed E-state index contributed by atoms with van der Waals surface area (Å²) in [5.74, 6) is 0. The third-order valence-corrected chi connectivity index (χ3v) is 2.59. The van der Waals surface area contributed by atoms with Crippen molar-refractivity contribution in [2.45, 2.75) is 26.2 Å². The standard InChI is InChI=1S/C8H10N2S/c1-8(2,3)7-10-5-6(4-9)11-7/h5H,1-3H3. The van der Waals surface area contributed by atoms with Crippen molar-refractivity contribution in [3.05, 3.63) is 16.1 Å². The highest BCUT2D eigenvalue weighted by molar-refractivity contribution is 7.12. The Hall–Kier alpha value is -0.880. The molecule has 0 aromatic carbocycles. The van der Waals surface area contributed by atoms with Crippen LogP contribution in [0.1, 0.15) is 30.7 Å². The lowest BCUT2D eigenvalue weighted by molar-refractivity contribution is 0.585. The number of rotatable bonds is 0. The van der Waals surface area contributed by atoms with E-state index in [0.29, 0.717) is 4.88 Å². The highest BCUT2D eigenvalue weighted by atomic mass is 32.1. The van der Waals surface area contributed by atoms with Gasteiger partial charge in [-0.1, -0.05) is 20.8 Å². The fourth-order valence-corrected chi connectivity index (χ4v) is 1.44. The van der Waals surface area contributed by atoms with Crippen molar-refractivity contribution in [1.29, 1.82) is 5.26 Å². The van der Waals surface area contributed by atoms with E-state index in [0.717, 1.165) is 5.01 Å². The van der Waals surface area contributed by atoms with Crippen molar-refractivity contribution in [2.24, 2.45) is 0 Å². The van der Waals surface area contributed by atoms with Gasteiger partial charge in [0.2, 0.25) is 0 Å². The first-order valence-electron chi connectivity index (χ1n) is 3.40. The zero-order chi connectivity index (χ0) is 8.48. The molecule has 0 saturated heterocycles. The third-order valence-electron chi connectivity index (χ3n) is 1.26.